The molecule has 0 saturated carbocycles. The van der Waals surface area contributed by atoms with Crippen molar-refractivity contribution in [2.75, 3.05) is 0 Å². The number of carbonyl (C=O) groups excluding carboxylic acids is 1. The van der Waals surface area contributed by atoms with E-state index in [0.717, 1.165) is 10.9 Å². The second-order valence-corrected chi connectivity index (χ2v) is 5.16. The minimum atomic E-state index is -0.182. The van der Waals surface area contributed by atoms with Gasteiger partial charge in [0.25, 0.3) is 5.91 Å². The molecule has 1 N–H and O–H groups in total. The van der Waals surface area contributed by atoms with Crippen LogP contribution in [0.25, 0.3) is 10.9 Å². The second-order valence-electron chi connectivity index (χ2n) is 4.72. The van der Waals surface area contributed by atoms with E-state index in [2.05, 4.69) is 10.3 Å². The average Bonchev–Trinajstić information content (AvgIpc) is 2.98. The summed E-state index contributed by atoms with van der Waals surface area (Å²) < 4.78 is 5.19. The van der Waals surface area contributed by atoms with Crippen LogP contribution >= 0.6 is 11.6 Å². The van der Waals surface area contributed by atoms with Crippen LogP contribution in [-0.4, -0.2) is 10.9 Å². The maximum Gasteiger partial charge on any atom is 0.253 e. The topological polar surface area (TPSA) is 55.1 Å². The number of aromatic nitrogens is 1. The Kier molecular flexibility index (Phi) is 3.62. The Morgan fingerprint density at radius 2 is 2.19 bits per heavy atom. The molecule has 2 aromatic heterocycles. The van der Waals surface area contributed by atoms with E-state index < -0.39 is 0 Å². The summed E-state index contributed by atoms with van der Waals surface area (Å²) >= 11 is 5.98. The van der Waals surface area contributed by atoms with Gasteiger partial charge in [-0.15, -0.1) is 0 Å². The Balaban J connectivity index is 1.88. The van der Waals surface area contributed by atoms with Gasteiger partial charge >= 0.3 is 0 Å². The third-order valence-electron chi connectivity index (χ3n) is 3.22. The fraction of sp³-hybridized carbons (Fsp3) is 0.125. The smallest absolute Gasteiger partial charge is 0.253 e. The molecule has 4 nitrogen and oxygen atoms in total. The highest BCUT2D eigenvalue weighted by Crippen LogP contribution is 2.20. The zero-order valence-electron chi connectivity index (χ0n) is 11.4. The summed E-state index contributed by atoms with van der Waals surface area (Å²) in [4.78, 5) is 16.7. The van der Waals surface area contributed by atoms with E-state index >= 15 is 0 Å². The molecule has 1 aromatic carbocycles. The average molecular weight is 301 g/mol. The summed E-state index contributed by atoms with van der Waals surface area (Å²) in [6, 6.07) is 10.8. The van der Waals surface area contributed by atoms with Crippen molar-refractivity contribution in [3.8, 4) is 0 Å². The standard InChI is InChI=1S/C16H13ClN2O2/c1-10-14(16(20)18-9-13-3-2-6-21-13)8-11-7-12(17)4-5-15(11)19-10/h2-8H,9H2,1H3,(H,18,20). The Morgan fingerprint density at radius 3 is 2.95 bits per heavy atom. The molecular weight excluding hydrogens is 288 g/mol. The maximum atomic E-state index is 12.3. The summed E-state index contributed by atoms with van der Waals surface area (Å²) in [7, 11) is 0. The molecule has 0 spiro atoms. The van der Waals surface area contributed by atoms with Crippen LogP contribution in [0, 0.1) is 6.92 Å². The number of nitrogens with zero attached hydrogens (tertiary/aromatic N) is 1. The number of furan rings is 1. The van der Waals surface area contributed by atoms with Gasteiger partial charge in [0.15, 0.2) is 0 Å². The van der Waals surface area contributed by atoms with Gasteiger partial charge in [-0.1, -0.05) is 11.6 Å². The molecule has 1 amide bonds. The highest BCUT2D eigenvalue weighted by molar-refractivity contribution is 6.31. The number of pyridine rings is 1. The molecular formula is C16H13ClN2O2. The zero-order valence-corrected chi connectivity index (χ0v) is 12.1. The normalized spacial score (nSPS) is 10.8. The predicted octanol–water partition coefficient (Wildman–Crippen LogP) is 3.72. The highest BCUT2D eigenvalue weighted by atomic mass is 35.5. The van der Waals surface area contributed by atoms with Crippen LogP contribution in [0.1, 0.15) is 21.8 Å². The van der Waals surface area contributed by atoms with Crippen LogP contribution in [0.3, 0.4) is 0 Å². The van der Waals surface area contributed by atoms with Crippen molar-refractivity contribution in [1.82, 2.24) is 10.3 Å². The number of rotatable bonds is 3. The summed E-state index contributed by atoms with van der Waals surface area (Å²) in [6.07, 6.45) is 1.58. The molecule has 0 fully saturated rings. The predicted molar refractivity (Wildman–Crippen MR) is 81.4 cm³/mol. The summed E-state index contributed by atoms with van der Waals surface area (Å²) in [5, 5.41) is 4.28. The number of hydrogen-bond donors (Lipinski definition) is 1. The molecule has 0 aliphatic rings. The summed E-state index contributed by atoms with van der Waals surface area (Å²) in [5.74, 6) is 0.524. The van der Waals surface area contributed by atoms with Gasteiger partial charge in [-0.05, 0) is 43.3 Å². The Bertz CT molecular complexity index is 797. The highest BCUT2D eigenvalue weighted by Gasteiger charge is 2.12. The number of amides is 1. The molecule has 0 aliphatic heterocycles. The van der Waals surface area contributed by atoms with E-state index in [4.69, 9.17) is 16.0 Å². The van der Waals surface area contributed by atoms with Crippen LogP contribution in [0.15, 0.2) is 47.1 Å². The first kappa shape index (κ1) is 13.6. The monoisotopic (exact) mass is 300 g/mol. The SMILES string of the molecule is Cc1nc2ccc(Cl)cc2cc1C(=O)NCc1ccco1. The van der Waals surface area contributed by atoms with Crippen LogP contribution < -0.4 is 5.32 Å². The second kappa shape index (κ2) is 5.58. The number of hydrogen-bond acceptors (Lipinski definition) is 3. The van der Waals surface area contributed by atoms with Crippen molar-refractivity contribution in [2.45, 2.75) is 13.5 Å². The van der Waals surface area contributed by atoms with Crippen molar-refractivity contribution in [2.24, 2.45) is 0 Å². The Labute approximate surface area is 126 Å². The number of aryl methyl sites for hydroxylation is 1. The van der Waals surface area contributed by atoms with E-state index in [-0.39, 0.29) is 5.91 Å². The van der Waals surface area contributed by atoms with Crippen molar-refractivity contribution in [3.05, 3.63) is 64.7 Å². The molecule has 0 unspecified atom stereocenters. The van der Waals surface area contributed by atoms with Crippen molar-refractivity contribution in [1.29, 1.82) is 0 Å². The molecule has 0 radical (unpaired) electrons. The number of carbonyl (C=O) groups is 1. The number of fused-ring (bicyclic) bond motifs is 1. The van der Waals surface area contributed by atoms with E-state index in [9.17, 15) is 4.79 Å². The fourth-order valence-electron chi connectivity index (χ4n) is 2.15. The first-order chi connectivity index (χ1) is 10.1. The van der Waals surface area contributed by atoms with Gasteiger partial charge in [-0.2, -0.15) is 0 Å². The van der Waals surface area contributed by atoms with E-state index in [0.29, 0.717) is 28.6 Å². The molecule has 3 aromatic rings. The lowest BCUT2D eigenvalue weighted by atomic mass is 10.1. The third kappa shape index (κ3) is 2.90. The molecule has 0 aliphatic carbocycles. The van der Waals surface area contributed by atoms with Crippen LogP contribution in [-0.2, 0) is 6.54 Å². The lowest BCUT2D eigenvalue weighted by Crippen LogP contribution is -2.23. The fourth-order valence-corrected chi connectivity index (χ4v) is 2.33. The molecule has 21 heavy (non-hydrogen) atoms. The lowest BCUT2D eigenvalue weighted by molar-refractivity contribution is 0.0947. The number of nitrogens with one attached hydrogen (secondary N) is 1. The van der Waals surface area contributed by atoms with Gasteiger partial charge < -0.3 is 9.73 Å². The number of halogens is 1. The molecule has 106 valence electrons. The summed E-state index contributed by atoms with van der Waals surface area (Å²) in [5.41, 5.74) is 2.04. The largest absolute Gasteiger partial charge is 0.467 e. The van der Waals surface area contributed by atoms with Gasteiger partial charge in [0.1, 0.15) is 5.76 Å². The molecule has 3 rings (SSSR count). The van der Waals surface area contributed by atoms with Crippen LogP contribution in [0.2, 0.25) is 5.02 Å². The zero-order chi connectivity index (χ0) is 14.8. The maximum absolute atomic E-state index is 12.3. The summed E-state index contributed by atoms with van der Waals surface area (Å²) in [6.45, 7) is 2.16. The van der Waals surface area contributed by atoms with Gasteiger partial charge in [-0.25, -0.2) is 0 Å². The first-order valence-electron chi connectivity index (χ1n) is 6.51. The van der Waals surface area contributed by atoms with Crippen molar-refractivity contribution >= 4 is 28.4 Å². The molecule has 0 atom stereocenters. The van der Waals surface area contributed by atoms with E-state index in [1.54, 1.807) is 30.5 Å². The van der Waals surface area contributed by atoms with Crippen LogP contribution in [0.5, 0.6) is 0 Å². The van der Waals surface area contributed by atoms with Crippen molar-refractivity contribution in [3.63, 3.8) is 0 Å². The van der Waals surface area contributed by atoms with Gasteiger partial charge in [-0.3, -0.25) is 9.78 Å². The first-order valence-corrected chi connectivity index (χ1v) is 6.89. The minimum Gasteiger partial charge on any atom is -0.467 e. The molecule has 0 saturated heterocycles. The molecule has 0 bridgehead atoms. The Morgan fingerprint density at radius 1 is 1.33 bits per heavy atom. The van der Waals surface area contributed by atoms with Gasteiger partial charge in [0.2, 0.25) is 0 Å². The third-order valence-corrected chi connectivity index (χ3v) is 3.45. The number of benzene rings is 1. The quantitative estimate of drug-likeness (QED) is 0.802. The van der Waals surface area contributed by atoms with E-state index in [1.807, 2.05) is 19.1 Å². The van der Waals surface area contributed by atoms with E-state index in [1.165, 1.54) is 0 Å². The van der Waals surface area contributed by atoms with Gasteiger partial charge in [0, 0.05) is 10.4 Å². The molecule has 2 heterocycles. The molecule has 5 heteroatoms. The van der Waals surface area contributed by atoms with Gasteiger partial charge in [0.05, 0.1) is 29.6 Å². The van der Waals surface area contributed by atoms with Crippen molar-refractivity contribution < 1.29 is 9.21 Å². The lowest BCUT2D eigenvalue weighted by Gasteiger charge is -2.08. The Hall–Kier alpha value is -2.33. The minimum absolute atomic E-state index is 0.182. The van der Waals surface area contributed by atoms with Crippen LogP contribution in [0.4, 0.5) is 0 Å².